The molecular formula is C21H24N4O2. The highest BCUT2D eigenvalue weighted by atomic mass is 16.2. The molecule has 2 aromatic rings. The maximum Gasteiger partial charge on any atom is 0.257 e. The summed E-state index contributed by atoms with van der Waals surface area (Å²) in [5, 5.41) is 0. The van der Waals surface area contributed by atoms with Crippen LogP contribution in [0.1, 0.15) is 42.5 Å². The lowest BCUT2D eigenvalue weighted by atomic mass is 9.93. The molecule has 5 rings (SSSR count). The van der Waals surface area contributed by atoms with Crippen molar-refractivity contribution >= 4 is 11.9 Å². The van der Waals surface area contributed by atoms with Gasteiger partial charge < -0.3 is 9.80 Å². The summed E-state index contributed by atoms with van der Waals surface area (Å²) in [7, 11) is 0. The number of rotatable bonds is 3. The number of aromatic amines is 1. The normalized spacial score (nSPS) is 20.4. The molecule has 1 amide bonds. The van der Waals surface area contributed by atoms with Gasteiger partial charge in [0.2, 0.25) is 11.9 Å². The van der Waals surface area contributed by atoms with Crippen molar-refractivity contribution in [2.75, 3.05) is 24.5 Å². The number of benzene rings is 1. The Morgan fingerprint density at radius 2 is 1.81 bits per heavy atom. The van der Waals surface area contributed by atoms with Crippen molar-refractivity contribution in [1.82, 2.24) is 14.9 Å². The van der Waals surface area contributed by atoms with Gasteiger partial charge in [-0.25, -0.2) is 4.98 Å². The largest absolute Gasteiger partial charge is 0.342 e. The van der Waals surface area contributed by atoms with Gasteiger partial charge >= 0.3 is 0 Å². The summed E-state index contributed by atoms with van der Waals surface area (Å²) in [5.74, 6) is 0.848. The van der Waals surface area contributed by atoms with Crippen molar-refractivity contribution in [3.8, 4) is 0 Å². The Balaban J connectivity index is 1.40. The van der Waals surface area contributed by atoms with Crippen molar-refractivity contribution in [3.63, 3.8) is 0 Å². The molecule has 2 aliphatic heterocycles. The lowest BCUT2D eigenvalue weighted by molar-refractivity contribution is -0.135. The summed E-state index contributed by atoms with van der Waals surface area (Å²) >= 11 is 0. The first-order chi connectivity index (χ1) is 13.2. The molecule has 0 atom stereocenters. The predicted molar refractivity (Wildman–Crippen MR) is 103 cm³/mol. The third-order valence-corrected chi connectivity index (χ3v) is 6.23. The predicted octanol–water partition coefficient (Wildman–Crippen LogP) is 1.99. The summed E-state index contributed by atoms with van der Waals surface area (Å²) in [4.78, 5) is 37.6. The molecule has 1 saturated carbocycles. The van der Waals surface area contributed by atoms with E-state index in [0.29, 0.717) is 31.0 Å². The Morgan fingerprint density at radius 3 is 2.52 bits per heavy atom. The van der Waals surface area contributed by atoms with Crippen molar-refractivity contribution in [3.05, 3.63) is 57.5 Å². The zero-order valence-electron chi connectivity index (χ0n) is 15.4. The fourth-order valence-corrected chi connectivity index (χ4v) is 4.47. The topological polar surface area (TPSA) is 69.3 Å². The van der Waals surface area contributed by atoms with Crippen molar-refractivity contribution in [2.24, 2.45) is 0 Å². The lowest BCUT2D eigenvalue weighted by Crippen LogP contribution is -2.44. The third-order valence-electron chi connectivity index (χ3n) is 6.23. The number of carbonyl (C=O) groups is 1. The summed E-state index contributed by atoms with van der Waals surface area (Å²) in [6.45, 7) is 2.90. The van der Waals surface area contributed by atoms with Crippen LogP contribution in [0.2, 0.25) is 0 Å². The zero-order chi connectivity index (χ0) is 18.4. The Morgan fingerprint density at radius 1 is 1.07 bits per heavy atom. The number of H-pyrrole nitrogens is 1. The van der Waals surface area contributed by atoms with Gasteiger partial charge in [0.15, 0.2) is 0 Å². The molecule has 6 heteroatoms. The molecule has 0 bridgehead atoms. The number of nitrogens with one attached hydrogen (secondary N) is 1. The van der Waals surface area contributed by atoms with Gasteiger partial charge in [0.05, 0.1) is 23.2 Å². The first-order valence-electron chi connectivity index (χ1n) is 9.89. The molecule has 27 heavy (non-hydrogen) atoms. The van der Waals surface area contributed by atoms with E-state index in [1.807, 2.05) is 35.2 Å². The minimum atomic E-state index is -0.381. The molecule has 140 valence electrons. The van der Waals surface area contributed by atoms with Crippen LogP contribution in [0, 0.1) is 0 Å². The number of fused-ring (bicyclic) bond motifs is 1. The van der Waals surface area contributed by atoms with Crippen LogP contribution in [0.5, 0.6) is 0 Å². The minimum Gasteiger partial charge on any atom is -0.342 e. The van der Waals surface area contributed by atoms with E-state index in [1.54, 1.807) is 0 Å². The Hall–Kier alpha value is -2.63. The van der Waals surface area contributed by atoms with Crippen LogP contribution < -0.4 is 10.5 Å². The molecule has 2 fully saturated rings. The molecule has 0 radical (unpaired) electrons. The zero-order valence-corrected chi connectivity index (χ0v) is 15.4. The first-order valence-corrected chi connectivity index (χ1v) is 9.89. The number of hydrogen-bond donors (Lipinski definition) is 1. The highest BCUT2D eigenvalue weighted by Crippen LogP contribution is 2.49. The molecule has 6 nitrogen and oxygen atoms in total. The quantitative estimate of drug-likeness (QED) is 0.904. The molecule has 1 saturated heterocycles. The van der Waals surface area contributed by atoms with Gasteiger partial charge in [0.25, 0.3) is 5.56 Å². The number of hydrogen-bond acceptors (Lipinski definition) is 4. The lowest BCUT2D eigenvalue weighted by Gasteiger charge is -2.31. The molecule has 3 heterocycles. The van der Waals surface area contributed by atoms with Crippen LogP contribution in [0.25, 0.3) is 0 Å². The van der Waals surface area contributed by atoms with Gasteiger partial charge in [-0.1, -0.05) is 30.3 Å². The first kappa shape index (κ1) is 16.5. The Kier molecular flexibility index (Phi) is 3.81. The minimum absolute atomic E-state index is 0.0936. The molecule has 3 aliphatic rings. The van der Waals surface area contributed by atoms with Crippen LogP contribution in [0.3, 0.4) is 0 Å². The number of anilines is 1. The van der Waals surface area contributed by atoms with E-state index in [4.69, 9.17) is 4.98 Å². The second kappa shape index (κ2) is 6.22. The summed E-state index contributed by atoms with van der Waals surface area (Å²) in [6.07, 6.45) is 4.72. The second-order valence-corrected chi connectivity index (χ2v) is 7.93. The van der Waals surface area contributed by atoms with Gasteiger partial charge in [-0.2, -0.15) is 0 Å². The van der Waals surface area contributed by atoms with E-state index in [0.717, 1.165) is 50.0 Å². The van der Waals surface area contributed by atoms with Crippen molar-refractivity contribution in [2.45, 2.75) is 44.1 Å². The van der Waals surface area contributed by atoms with Crippen LogP contribution in [0.4, 0.5) is 5.95 Å². The van der Waals surface area contributed by atoms with E-state index in [9.17, 15) is 9.59 Å². The molecule has 0 unspecified atom stereocenters. The van der Waals surface area contributed by atoms with Crippen LogP contribution >= 0.6 is 0 Å². The van der Waals surface area contributed by atoms with E-state index >= 15 is 0 Å². The number of carbonyl (C=O) groups excluding carboxylic acids is 1. The van der Waals surface area contributed by atoms with E-state index in [1.165, 1.54) is 0 Å². The molecular weight excluding hydrogens is 340 g/mol. The molecule has 1 aliphatic carbocycles. The molecule has 1 aromatic heterocycles. The van der Waals surface area contributed by atoms with Gasteiger partial charge in [0, 0.05) is 26.1 Å². The van der Waals surface area contributed by atoms with Crippen molar-refractivity contribution < 1.29 is 4.79 Å². The summed E-state index contributed by atoms with van der Waals surface area (Å²) in [6, 6.07) is 10.0. The van der Waals surface area contributed by atoms with E-state index < -0.39 is 0 Å². The average Bonchev–Trinajstić information content (AvgIpc) is 3.34. The smallest absolute Gasteiger partial charge is 0.257 e. The Labute approximate surface area is 158 Å². The maximum absolute atomic E-state index is 13.3. The van der Waals surface area contributed by atoms with Gasteiger partial charge in [-0.15, -0.1) is 0 Å². The summed E-state index contributed by atoms with van der Waals surface area (Å²) < 4.78 is 0. The second-order valence-electron chi connectivity index (χ2n) is 7.93. The molecule has 0 spiro atoms. The van der Waals surface area contributed by atoms with E-state index in [2.05, 4.69) is 9.88 Å². The SMILES string of the molecule is O=C(N1CCc2nc(N3CCCC3)[nH]c(=O)c2C1)C1(c2ccccc2)CC1. The van der Waals surface area contributed by atoms with Crippen LogP contribution in [0.15, 0.2) is 35.1 Å². The van der Waals surface area contributed by atoms with Crippen molar-refractivity contribution in [1.29, 1.82) is 0 Å². The average molecular weight is 364 g/mol. The fourth-order valence-electron chi connectivity index (χ4n) is 4.47. The maximum atomic E-state index is 13.3. The molecule has 1 aromatic carbocycles. The van der Waals surface area contributed by atoms with Gasteiger partial charge in [0.1, 0.15) is 0 Å². The van der Waals surface area contributed by atoms with Crippen LogP contribution in [-0.4, -0.2) is 40.4 Å². The fraction of sp³-hybridized carbons (Fsp3) is 0.476. The Bertz CT molecular complexity index is 927. The van der Waals surface area contributed by atoms with Crippen LogP contribution in [-0.2, 0) is 23.2 Å². The monoisotopic (exact) mass is 364 g/mol. The standard InChI is InChI=1S/C21H24N4O2/c26-18-16-14-25(19(27)21(9-10-21)15-6-2-1-3-7-15)13-8-17(16)22-20(23-18)24-11-4-5-12-24/h1-3,6-7H,4-5,8-14H2,(H,22,23,26). The molecule has 1 N–H and O–H groups in total. The number of aromatic nitrogens is 2. The highest BCUT2D eigenvalue weighted by Gasteiger charge is 2.53. The number of amides is 1. The third kappa shape index (κ3) is 2.74. The van der Waals surface area contributed by atoms with Gasteiger partial charge in [-0.3, -0.25) is 14.6 Å². The van der Waals surface area contributed by atoms with Gasteiger partial charge in [-0.05, 0) is 31.2 Å². The number of nitrogens with zero attached hydrogens (tertiary/aromatic N) is 3. The summed E-state index contributed by atoms with van der Waals surface area (Å²) in [5.41, 5.74) is 2.13. The highest BCUT2D eigenvalue weighted by molar-refractivity contribution is 5.91. The van der Waals surface area contributed by atoms with E-state index in [-0.39, 0.29) is 16.9 Å².